The van der Waals surface area contributed by atoms with Gasteiger partial charge in [0.05, 0.1) is 9.26 Å². The number of nitrogens with zero attached hydrogens (tertiary/aromatic N) is 1. The fourth-order valence-corrected chi connectivity index (χ4v) is 2.33. The highest BCUT2D eigenvalue weighted by Crippen LogP contribution is 2.40. The number of hydrogen-bond donors (Lipinski definition) is 1. The molecule has 3 nitrogen and oxygen atoms in total. The van der Waals surface area contributed by atoms with Crippen molar-refractivity contribution in [2.45, 2.75) is 39.0 Å². The Morgan fingerprint density at radius 1 is 1.53 bits per heavy atom. The predicted molar refractivity (Wildman–Crippen MR) is 68.1 cm³/mol. The van der Waals surface area contributed by atoms with E-state index in [9.17, 15) is 4.79 Å². The SMILES string of the molecule is CC(C)Cc1nc(C2CC2)c(I)c(=O)[nH]1. The average molecular weight is 318 g/mol. The predicted octanol–water partition coefficient (Wildman–Crippen LogP) is 2.45. The molecule has 1 aromatic heterocycles. The number of halogens is 1. The molecule has 82 valence electrons. The van der Waals surface area contributed by atoms with Gasteiger partial charge in [-0.15, -0.1) is 0 Å². The molecule has 0 aromatic carbocycles. The van der Waals surface area contributed by atoms with Crippen molar-refractivity contribution >= 4 is 22.6 Å². The van der Waals surface area contributed by atoms with Gasteiger partial charge in [0.2, 0.25) is 0 Å². The van der Waals surface area contributed by atoms with Crippen LogP contribution in [0, 0.1) is 9.49 Å². The smallest absolute Gasteiger partial charge is 0.264 e. The van der Waals surface area contributed by atoms with E-state index in [-0.39, 0.29) is 5.56 Å². The van der Waals surface area contributed by atoms with Crippen LogP contribution in [0.25, 0.3) is 0 Å². The molecule has 0 bridgehead atoms. The summed E-state index contributed by atoms with van der Waals surface area (Å²) < 4.78 is 0.780. The van der Waals surface area contributed by atoms with Crippen molar-refractivity contribution in [2.24, 2.45) is 5.92 Å². The van der Waals surface area contributed by atoms with Gasteiger partial charge in [-0.2, -0.15) is 0 Å². The second kappa shape index (κ2) is 4.23. The third-order valence-corrected chi connectivity index (χ3v) is 3.55. The largest absolute Gasteiger partial charge is 0.310 e. The quantitative estimate of drug-likeness (QED) is 0.870. The zero-order chi connectivity index (χ0) is 11.0. The lowest BCUT2D eigenvalue weighted by Crippen LogP contribution is -2.18. The van der Waals surface area contributed by atoms with Crippen molar-refractivity contribution in [3.8, 4) is 0 Å². The Hall–Kier alpha value is -0.390. The number of hydrogen-bond acceptors (Lipinski definition) is 2. The van der Waals surface area contributed by atoms with Crippen LogP contribution in [-0.2, 0) is 6.42 Å². The minimum Gasteiger partial charge on any atom is -0.310 e. The van der Waals surface area contributed by atoms with Gasteiger partial charge in [0.1, 0.15) is 5.82 Å². The van der Waals surface area contributed by atoms with E-state index in [1.807, 2.05) is 0 Å². The van der Waals surface area contributed by atoms with Gasteiger partial charge in [0.15, 0.2) is 0 Å². The fourth-order valence-electron chi connectivity index (χ4n) is 1.64. The van der Waals surface area contributed by atoms with E-state index < -0.39 is 0 Å². The van der Waals surface area contributed by atoms with Crippen LogP contribution >= 0.6 is 22.6 Å². The Morgan fingerprint density at radius 2 is 2.20 bits per heavy atom. The van der Waals surface area contributed by atoms with Crippen LogP contribution < -0.4 is 5.56 Å². The maximum atomic E-state index is 11.7. The van der Waals surface area contributed by atoms with Crippen molar-refractivity contribution in [3.63, 3.8) is 0 Å². The van der Waals surface area contributed by atoms with E-state index >= 15 is 0 Å². The minimum absolute atomic E-state index is 0.0307. The van der Waals surface area contributed by atoms with Crippen molar-refractivity contribution < 1.29 is 0 Å². The van der Waals surface area contributed by atoms with Crippen LogP contribution in [0.1, 0.15) is 44.1 Å². The molecule has 0 aliphatic heterocycles. The molecule has 1 fully saturated rings. The molecule has 1 N–H and O–H groups in total. The zero-order valence-electron chi connectivity index (χ0n) is 9.01. The first-order valence-corrected chi connectivity index (χ1v) is 6.44. The van der Waals surface area contributed by atoms with Crippen LogP contribution in [0.15, 0.2) is 4.79 Å². The summed E-state index contributed by atoms with van der Waals surface area (Å²) >= 11 is 2.10. The first kappa shape index (κ1) is 11.1. The van der Waals surface area contributed by atoms with Gasteiger partial charge < -0.3 is 4.98 Å². The van der Waals surface area contributed by atoms with E-state index in [1.54, 1.807) is 0 Å². The van der Waals surface area contributed by atoms with Crippen LogP contribution in [0.2, 0.25) is 0 Å². The van der Waals surface area contributed by atoms with Gasteiger partial charge in [0, 0.05) is 12.3 Å². The molecule has 1 heterocycles. The van der Waals surface area contributed by atoms with Gasteiger partial charge in [-0.25, -0.2) is 4.98 Å². The molecule has 4 heteroatoms. The average Bonchev–Trinajstić information content (AvgIpc) is 2.93. The molecule has 1 saturated carbocycles. The van der Waals surface area contributed by atoms with Crippen molar-refractivity contribution in [1.82, 2.24) is 9.97 Å². The molecule has 0 radical (unpaired) electrons. The van der Waals surface area contributed by atoms with Gasteiger partial charge in [-0.3, -0.25) is 4.79 Å². The fraction of sp³-hybridized carbons (Fsp3) is 0.636. The number of aromatic nitrogens is 2. The van der Waals surface area contributed by atoms with Crippen LogP contribution in [0.4, 0.5) is 0 Å². The van der Waals surface area contributed by atoms with Crippen LogP contribution in [-0.4, -0.2) is 9.97 Å². The lowest BCUT2D eigenvalue weighted by atomic mass is 10.1. The number of nitrogens with one attached hydrogen (secondary N) is 1. The van der Waals surface area contributed by atoms with Gasteiger partial charge in [0.25, 0.3) is 5.56 Å². The Labute approximate surface area is 103 Å². The Kier molecular flexibility index (Phi) is 3.13. The summed E-state index contributed by atoms with van der Waals surface area (Å²) in [7, 11) is 0. The lowest BCUT2D eigenvalue weighted by molar-refractivity contribution is 0.614. The van der Waals surface area contributed by atoms with Crippen molar-refractivity contribution in [2.75, 3.05) is 0 Å². The summed E-state index contributed by atoms with van der Waals surface area (Å²) in [6, 6.07) is 0. The van der Waals surface area contributed by atoms with E-state index in [0.717, 1.165) is 21.5 Å². The summed E-state index contributed by atoms with van der Waals surface area (Å²) in [4.78, 5) is 19.1. The van der Waals surface area contributed by atoms with Gasteiger partial charge in [-0.1, -0.05) is 13.8 Å². The molecule has 2 rings (SSSR count). The highest BCUT2D eigenvalue weighted by atomic mass is 127. The molecule has 1 aliphatic rings. The molecule has 0 amide bonds. The molecule has 0 atom stereocenters. The summed E-state index contributed by atoms with van der Waals surface area (Å²) in [6.45, 7) is 4.27. The monoisotopic (exact) mass is 318 g/mol. The van der Waals surface area contributed by atoms with E-state index in [1.165, 1.54) is 12.8 Å². The van der Waals surface area contributed by atoms with Crippen LogP contribution in [0.5, 0.6) is 0 Å². The van der Waals surface area contributed by atoms with Gasteiger partial charge >= 0.3 is 0 Å². The number of aromatic amines is 1. The maximum Gasteiger partial charge on any atom is 0.264 e. The molecule has 1 aromatic rings. The minimum atomic E-state index is 0.0307. The van der Waals surface area contributed by atoms with Gasteiger partial charge in [-0.05, 0) is 41.4 Å². The molecular formula is C11H15IN2O. The Balaban J connectivity index is 2.37. The second-order valence-corrected chi connectivity index (χ2v) is 5.66. The summed E-state index contributed by atoms with van der Waals surface area (Å²) in [5, 5.41) is 0. The van der Waals surface area contributed by atoms with Crippen molar-refractivity contribution in [3.05, 3.63) is 25.4 Å². The topological polar surface area (TPSA) is 45.8 Å². The highest BCUT2D eigenvalue weighted by Gasteiger charge is 2.28. The van der Waals surface area contributed by atoms with Crippen LogP contribution in [0.3, 0.4) is 0 Å². The molecule has 0 unspecified atom stereocenters. The lowest BCUT2D eigenvalue weighted by Gasteiger charge is -2.07. The first-order valence-electron chi connectivity index (χ1n) is 5.36. The third kappa shape index (κ3) is 2.59. The Bertz CT molecular complexity index is 421. The highest BCUT2D eigenvalue weighted by molar-refractivity contribution is 14.1. The second-order valence-electron chi connectivity index (χ2n) is 4.58. The van der Waals surface area contributed by atoms with Crippen molar-refractivity contribution in [1.29, 1.82) is 0 Å². The first-order chi connectivity index (χ1) is 7.08. The summed E-state index contributed by atoms with van der Waals surface area (Å²) in [6.07, 6.45) is 3.23. The maximum absolute atomic E-state index is 11.7. The van der Waals surface area contributed by atoms with E-state index in [2.05, 4.69) is 46.4 Å². The molecular weight excluding hydrogens is 303 g/mol. The molecule has 0 spiro atoms. The zero-order valence-corrected chi connectivity index (χ0v) is 11.2. The van der Waals surface area contributed by atoms with E-state index in [4.69, 9.17) is 0 Å². The number of H-pyrrole nitrogens is 1. The molecule has 1 aliphatic carbocycles. The molecule has 0 saturated heterocycles. The third-order valence-electron chi connectivity index (χ3n) is 2.50. The summed E-state index contributed by atoms with van der Waals surface area (Å²) in [5.74, 6) is 1.92. The van der Waals surface area contributed by atoms with E-state index in [0.29, 0.717) is 11.8 Å². The summed E-state index contributed by atoms with van der Waals surface area (Å²) in [5.41, 5.74) is 1.05. The molecule has 15 heavy (non-hydrogen) atoms. The normalized spacial score (nSPS) is 16.0. The Morgan fingerprint density at radius 3 is 2.73 bits per heavy atom. The number of rotatable bonds is 3. The standard InChI is InChI=1S/C11H15IN2O/c1-6(2)5-8-13-10(7-3-4-7)9(12)11(15)14-8/h6-7H,3-5H2,1-2H3,(H,13,14,15).